The maximum absolute atomic E-state index is 11.9. The number of rotatable bonds is 4. The molecule has 0 atom stereocenters. The van der Waals surface area contributed by atoms with E-state index in [-0.39, 0.29) is 18.4 Å². The number of amides is 1. The molecule has 6 nitrogen and oxygen atoms in total. The van der Waals surface area contributed by atoms with Gasteiger partial charge >= 0.3 is 0 Å². The van der Waals surface area contributed by atoms with Crippen molar-refractivity contribution >= 4 is 5.91 Å². The summed E-state index contributed by atoms with van der Waals surface area (Å²) in [5.74, 6) is 0.768. The number of carbonyl (C=O) groups is 1. The molecule has 0 saturated heterocycles. The van der Waals surface area contributed by atoms with Gasteiger partial charge in [-0.05, 0) is 18.2 Å². The Morgan fingerprint density at radius 3 is 2.90 bits per heavy atom. The lowest BCUT2D eigenvalue weighted by Crippen LogP contribution is -2.23. The molecular formula is C14H14N4O2. The standard InChI is InChI=1S/C14H14N4O2/c1-9(2)14-18-17-12(20-14)8-16-13(19)11-5-3-4-10(6-11)7-15/h3-6,9H,8H2,1-2H3,(H,16,19). The Balaban J connectivity index is 1.99. The summed E-state index contributed by atoms with van der Waals surface area (Å²) in [6.45, 7) is 4.06. The van der Waals surface area contributed by atoms with E-state index in [0.29, 0.717) is 22.9 Å². The lowest BCUT2D eigenvalue weighted by Gasteiger charge is -2.02. The lowest BCUT2D eigenvalue weighted by molar-refractivity contribution is 0.0947. The van der Waals surface area contributed by atoms with Gasteiger partial charge < -0.3 is 9.73 Å². The molecule has 1 aromatic carbocycles. The molecule has 0 bridgehead atoms. The zero-order valence-electron chi connectivity index (χ0n) is 11.3. The van der Waals surface area contributed by atoms with Crippen molar-refractivity contribution in [2.24, 2.45) is 0 Å². The molecule has 1 N–H and O–H groups in total. The summed E-state index contributed by atoms with van der Waals surface area (Å²) in [6, 6.07) is 8.47. The molecule has 2 rings (SSSR count). The van der Waals surface area contributed by atoms with Crippen molar-refractivity contribution in [2.75, 3.05) is 0 Å². The van der Waals surface area contributed by atoms with Crippen molar-refractivity contribution in [1.29, 1.82) is 5.26 Å². The second-order valence-electron chi connectivity index (χ2n) is 4.56. The van der Waals surface area contributed by atoms with Gasteiger partial charge in [0.15, 0.2) is 0 Å². The van der Waals surface area contributed by atoms with Crippen molar-refractivity contribution in [1.82, 2.24) is 15.5 Å². The quantitative estimate of drug-likeness (QED) is 0.917. The number of aromatic nitrogens is 2. The Hall–Kier alpha value is -2.68. The Morgan fingerprint density at radius 2 is 2.25 bits per heavy atom. The molecule has 0 aliphatic heterocycles. The molecule has 1 heterocycles. The van der Waals surface area contributed by atoms with E-state index >= 15 is 0 Å². The van der Waals surface area contributed by atoms with Crippen LogP contribution in [0.2, 0.25) is 0 Å². The third-order valence-corrected chi connectivity index (χ3v) is 2.63. The second kappa shape index (κ2) is 5.97. The molecule has 1 aromatic heterocycles. The van der Waals surface area contributed by atoms with Gasteiger partial charge in [0.1, 0.15) is 0 Å². The molecule has 0 radical (unpaired) electrons. The fourth-order valence-electron chi connectivity index (χ4n) is 1.56. The summed E-state index contributed by atoms with van der Waals surface area (Å²) in [5, 5.41) is 19.2. The second-order valence-corrected chi connectivity index (χ2v) is 4.56. The maximum Gasteiger partial charge on any atom is 0.251 e. The van der Waals surface area contributed by atoms with Crippen LogP contribution in [0.1, 0.15) is 47.5 Å². The van der Waals surface area contributed by atoms with Crippen molar-refractivity contribution in [3.05, 3.63) is 47.2 Å². The molecule has 0 fully saturated rings. The van der Waals surface area contributed by atoms with Gasteiger partial charge in [-0.1, -0.05) is 19.9 Å². The minimum absolute atomic E-state index is 0.152. The van der Waals surface area contributed by atoms with Gasteiger partial charge in [-0.15, -0.1) is 10.2 Å². The highest BCUT2D eigenvalue weighted by molar-refractivity contribution is 5.94. The van der Waals surface area contributed by atoms with Crippen LogP contribution in [0, 0.1) is 11.3 Å². The summed E-state index contributed by atoms with van der Waals surface area (Å²) >= 11 is 0. The summed E-state index contributed by atoms with van der Waals surface area (Å²) < 4.78 is 5.39. The van der Waals surface area contributed by atoms with E-state index in [9.17, 15) is 4.79 Å². The zero-order chi connectivity index (χ0) is 14.5. The average Bonchev–Trinajstić information content (AvgIpc) is 2.94. The van der Waals surface area contributed by atoms with Crippen LogP contribution in [0.25, 0.3) is 0 Å². The smallest absolute Gasteiger partial charge is 0.251 e. The molecule has 2 aromatic rings. The fraction of sp³-hybridized carbons (Fsp3) is 0.286. The number of benzene rings is 1. The lowest BCUT2D eigenvalue weighted by atomic mass is 10.1. The number of hydrogen-bond donors (Lipinski definition) is 1. The summed E-state index contributed by atoms with van der Waals surface area (Å²) in [7, 11) is 0. The van der Waals surface area contributed by atoms with Gasteiger partial charge in [-0.3, -0.25) is 4.79 Å². The van der Waals surface area contributed by atoms with E-state index < -0.39 is 0 Å². The van der Waals surface area contributed by atoms with Crippen molar-refractivity contribution in [2.45, 2.75) is 26.3 Å². The highest BCUT2D eigenvalue weighted by Crippen LogP contribution is 2.11. The van der Waals surface area contributed by atoms with Gasteiger partial charge in [-0.2, -0.15) is 5.26 Å². The van der Waals surface area contributed by atoms with E-state index in [1.807, 2.05) is 19.9 Å². The molecule has 6 heteroatoms. The molecule has 20 heavy (non-hydrogen) atoms. The molecule has 0 saturated carbocycles. The van der Waals surface area contributed by atoms with Crippen LogP contribution >= 0.6 is 0 Å². The van der Waals surface area contributed by atoms with Crippen molar-refractivity contribution < 1.29 is 9.21 Å². The van der Waals surface area contributed by atoms with Gasteiger partial charge in [0.2, 0.25) is 11.8 Å². The Labute approximate surface area is 116 Å². The predicted molar refractivity (Wildman–Crippen MR) is 70.7 cm³/mol. The number of nitrogens with zero attached hydrogens (tertiary/aromatic N) is 3. The van der Waals surface area contributed by atoms with E-state index in [4.69, 9.17) is 9.68 Å². The van der Waals surface area contributed by atoms with Crippen molar-refractivity contribution in [3.8, 4) is 6.07 Å². The van der Waals surface area contributed by atoms with Crippen LogP contribution < -0.4 is 5.32 Å². The Bertz CT molecular complexity index is 655. The van der Waals surface area contributed by atoms with Gasteiger partial charge in [-0.25, -0.2) is 0 Å². The number of hydrogen-bond acceptors (Lipinski definition) is 5. The van der Waals surface area contributed by atoms with E-state index in [2.05, 4.69) is 15.5 Å². The van der Waals surface area contributed by atoms with E-state index in [1.54, 1.807) is 18.2 Å². The van der Waals surface area contributed by atoms with Gasteiger partial charge in [0, 0.05) is 11.5 Å². The third-order valence-electron chi connectivity index (χ3n) is 2.63. The molecule has 0 aliphatic carbocycles. The SMILES string of the molecule is CC(C)c1nnc(CNC(=O)c2cccc(C#N)c2)o1. The first-order valence-electron chi connectivity index (χ1n) is 6.21. The molecule has 102 valence electrons. The predicted octanol–water partition coefficient (Wildman–Crippen LogP) is 1.99. The molecule has 1 amide bonds. The topological polar surface area (TPSA) is 91.8 Å². The minimum atomic E-state index is -0.286. The van der Waals surface area contributed by atoms with Gasteiger partial charge in [0.25, 0.3) is 5.91 Å². The first-order chi connectivity index (χ1) is 9.60. The van der Waals surface area contributed by atoms with Gasteiger partial charge in [0.05, 0.1) is 18.2 Å². The van der Waals surface area contributed by atoms with Crippen LogP contribution in [0.15, 0.2) is 28.7 Å². The monoisotopic (exact) mass is 270 g/mol. The van der Waals surface area contributed by atoms with Crippen LogP contribution in [0.5, 0.6) is 0 Å². The third kappa shape index (κ3) is 3.20. The fourth-order valence-corrected chi connectivity index (χ4v) is 1.56. The number of carbonyl (C=O) groups excluding carboxylic acids is 1. The molecule has 0 unspecified atom stereocenters. The highest BCUT2D eigenvalue weighted by atomic mass is 16.4. The normalized spacial score (nSPS) is 10.3. The maximum atomic E-state index is 11.9. The molecule has 0 aliphatic rings. The van der Waals surface area contributed by atoms with E-state index in [1.165, 1.54) is 6.07 Å². The minimum Gasteiger partial charge on any atom is -0.423 e. The van der Waals surface area contributed by atoms with E-state index in [0.717, 1.165) is 0 Å². The Kier molecular flexibility index (Phi) is 4.11. The van der Waals surface area contributed by atoms with Crippen LogP contribution in [-0.4, -0.2) is 16.1 Å². The Morgan fingerprint density at radius 1 is 1.45 bits per heavy atom. The first kappa shape index (κ1) is 13.7. The summed E-state index contributed by atoms with van der Waals surface area (Å²) in [5.41, 5.74) is 0.866. The van der Waals surface area contributed by atoms with Crippen LogP contribution in [-0.2, 0) is 6.54 Å². The van der Waals surface area contributed by atoms with Crippen LogP contribution in [0.3, 0.4) is 0 Å². The van der Waals surface area contributed by atoms with Crippen LogP contribution in [0.4, 0.5) is 0 Å². The number of nitriles is 1. The summed E-state index contributed by atoms with van der Waals surface area (Å²) in [6.07, 6.45) is 0. The molecular weight excluding hydrogens is 256 g/mol. The summed E-state index contributed by atoms with van der Waals surface area (Å²) in [4.78, 5) is 11.9. The first-order valence-corrected chi connectivity index (χ1v) is 6.21. The highest BCUT2D eigenvalue weighted by Gasteiger charge is 2.11. The number of nitrogens with one attached hydrogen (secondary N) is 1. The molecule has 0 spiro atoms. The largest absolute Gasteiger partial charge is 0.423 e. The average molecular weight is 270 g/mol. The van der Waals surface area contributed by atoms with Crippen molar-refractivity contribution in [3.63, 3.8) is 0 Å². The zero-order valence-corrected chi connectivity index (χ0v) is 11.3.